The highest BCUT2D eigenvalue weighted by Gasteiger charge is 2.25. The van der Waals surface area contributed by atoms with Crippen molar-refractivity contribution >= 4 is 17.7 Å². The van der Waals surface area contributed by atoms with Gasteiger partial charge in [-0.05, 0) is 36.5 Å². The molecule has 1 amide bonds. The van der Waals surface area contributed by atoms with Crippen LogP contribution in [0.1, 0.15) is 17.5 Å². The van der Waals surface area contributed by atoms with E-state index in [1.807, 2.05) is 6.26 Å². The van der Waals surface area contributed by atoms with Gasteiger partial charge in [0.2, 0.25) is 0 Å². The number of hydrogen-bond acceptors (Lipinski definition) is 4. The summed E-state index contributed by atoms with van der Waals surface area (Å²) in [5, 5.41) is 9.92. The monoisotopic (exact) mass is 322 g/mol. The summed E-state index contributed by atoms with van der Waals surface area (Å²) in [6.07, 6.45) is 1.70. The van der Waals surface area contributed by atoms with E-state index in [1.54, 1.807) is 16.7 Å². The first-order chi connectivity index (χ1) is 10.6. The number of hydrogen-bond donors (Lipinski definition) is 1. The Labute approximate surface area is 137 Å². The Morgan fingerprint density at radius 3 is 2.59 bits per heavy atom. The maximum absolute atomic E-state index is 12.2. The maximum Gasteiger partial charge on any atom is 0.251 e. The molecule has 0 bridgehead atoms. The van der Waals surface area contributed by atoms with E-state index < -0.39 is 6.10 Å². The summed E-state index contributed by atoms with van der Waals surface area (Å²) in [7, 11) is 0. The summed E-state index contributed by atoms with van der Waals surface area (Å²) in [4.78, 5) is 16.4. The van der Waals surface area contributed by atoms with Crippen LogP contribution in [-0.4, -0.2) is 65.1 Å². The van der Waals surface area contributed by atoms with Gasteiger partial charge in [-0.15, -0.1) is 0 Å². The van der Waals surface area contributed by atoms with Gasteiger partial charge in [0.25, 0.3) is 5.91 Å². The molecule has 1 aromatic rings. The van der Waals surface area contributed by atoms with Gasteiger partial charge in [0.15, 0.2) is 0 Å². The number of carbonyl (C=O) groups excluding carboxylic acids is 1. The second kappa shape index (κ2) is 8.56. The van der Waals surface area contributed by atoms with E-state index in [1.165, 1.54) is 11.1 Å². The van der Waals surface area contributed by atoms with Crippen LogP contribution in [0.4, 0.5) is 0 Å². The molecular formula is C17H26N2O2S. The Bertz CT molecular complexity index is 487. The molecule has 5 heteroatoms. The van der Waals surface area contributed by atoms with Crippen molar-refractivity contribution in [1.29, 1.82) is 0 Å². The lowest BCUT2D eigenvalue weighted by Crippen LogP contribution is -2.51. The summed E-state index contributed by atoms with van der Waals surface area (Å²) in [6.45, 7) is 6.23. The molecule has 1 aliphatic rings. The van der Waals surface area contributed by atoms with E-state index in [4.69, 9.17) is 0 Å². The van der Waals surface area contributed by atoms with Crippen LogP contribution in [0, 0.1) is 6.92 Å². The van der Waals surface area contributed by atoms with E-state index in [0.29, 0.717) is 19.5 Å². The van der Waals surface area contributed by atoms with E-state index in [9.17, 15) is 9.90 Å². The van der Waals surface area contributed by atoms with Crippen molar-refractivity contribution < 1.29 is 9.90 Å². The Balaban J connectivity index is 1.80. The first-order valence-electron chi connectivity index (χ1n) is 7.84. The molecule has 1 atom stereocenters. The minimum Gasteiger partial charge on any atom is -0.383 e. The lowest BCUT2D eigenvalue weighted by Gasteiger charge is -2.35. The van der Waals surface area contributed by atoms with E-state index in [0.717, 1.165) is 25.4 Å². The van der Waals surface area contributed by atoms with Crippen LogP contribution >= 0.6 is 11.8 Å². The van der Waals surface area contributed by atoms with E-state index in [-0.39, 0.29) is 5.91 Å². The highest BCUT2D eigenvalue weighted by molar-refractivity contribution is 7.98. The SMILES string of the molecule is CSCC[C@H](O)C(=O)N1CCN(Cc2ccccc2C)CC1. The first-order valence-corrected chi connectivity index (χ1v) is 9.24. The molecule has 0 aliphatic carbocycles. The van der Waals surface area contributed by atoms with Gasteiger partial charge in [0.1, 0.15) is 6.10 Å². The minimum atomic E-state index is -0.838. The lowest BCUT2D eigenvalue weighted by atomic mass is 10.1. The van der Waals surface area contributed by atoms with Gasteiger partial charge in [0, 0.05) is 32.7 Å². The zero-order valence-corrected chi connectivity index (χ0v) is 14.3. The highest BCUT2D eigenvalue weighted by atomic mass is 32.2. The van der Waals surface area contributed by atoms with Crippen LogP contribution < -0.4 is 0 Å². The topological polar surface area (TPSA) is 43.8 Å². The van der Waals surface area contributed by atoms with E-state index >= 15 is 0 Å². The smallest absolute Gasteiger partial charge is 0.251 e. The molecule has 1 aliphatic heterocycles. The molecule has 0 saturated carbocycles. The van der Waals surface area contributed by atoms with Gasteiger partial charge < -0.3 is 10.0 Å². The Kier molecular flexibility index (Phi) is 6.73. The maximum atomic E-state index is 12.2. The van der Waals surface area contributed by atoms with Gasteiger partial charge >= 0.3 is 0 Å². The van der Waals surface area contributed by atoms with Gasteiger partial charge in [-0.1, -0.05) is 24.3 Å². The van der Waals surface area contributed by atoms with Crippen molar-refractivity contribution in [1.82, 2.24) is 9.80 Å². The molecule has 2 rings (SSSR count). The quantitative estimate of drug-likeness (QED) is 0.867. The number of carbonyl (C=O) groups is 1. The highest BCUT2D eigenvalue weighted by Crippen LogP contribution is 2.13. The zero-order valence-electron chi connectivity index (χ0n) is 13.5. The minimum absolute atomic E-state index is 0.107. The molecule has 1 aromatic carbocycles. The molecule has 0 aromatic heterocycles. The first kappa shape index (κ1) is 17.3. The number of aliphatic hydroxyl groups is 1. The Morgan fingerprint density at radius 1 is 1.27 bits per heavy atom. The number of nitrogens with zero attached hydrogens (tertiary/aromatic N) is 2. The molecular weight excluding hydrogens is 296 g/mol. The second-order valence-electron chi connectivity index (χ2n) is 5.83. The third-order valence-electron chi connectivity index (χ3n) is 4.22. The largest absolute Gasteiger partial charge is 0.383 e. The van der Waals surface area contributed by atoms with Gasteiger partial charge in [0.05, 0.1) is 0 Å². The van der Waals surface area contributed by atoms with Gasteiger partial charge in [-0.3, -0.25) is 9.69 Å². The predicted octanol–water partition coefficient (Wildman–Crippen LogP) is 1.75. The number of thioether (sulfide) groups is 1. The van der Waals surface area contributed by atoms with Crippen molar-refractivity contribution in [2.45, 2.75) is 26.0 Å². The normalized spacial score (nSPS) is 17.5. The number of amides is 1. The van der Waals surface area contributed by atoms with Crippen LogP contribution in [-0.2, 0) is 11.3 Å². The molecule has 1 saturated heterocycles. The average Bonchev–Trinajstić information content (AvgIpc) is 2.55. The second-order valence-corrected chi connectivity index (χ2v) is 6.81. The van der Waals surface area contributed by atoms with Crippen molar-refractivity contribution in [2.24, 2.45) is 0 Å². The molecule has 0 radical (unpaired) electrons. The van der Waals surface area contributed by atoms with E-state index in [2.05, 4.69) is 36.1 Å². The van der Waals surface area contributed by atoms with Crippen molar-refractivity contribution in [3.8, 4) is 0 Å². The summed E-state index contributed by atoms with van der Waals surface area (Å²) in [5.41, 5.74) is 2.66. The standard InChI is InChI=1S/C17H26N2O2S/c1-14-5-3-4-6-15(14)13-18-8-10-19(11-9-18)17(21)16(20)7-12-22-2/h3-6,16,20H,7-13H2,1-2H3/t16-/m0/s1. The fourth-order valence-corrected chi connectivity index (χ4v) is 3.18. The number of aryl methyl sites for hydroxylation is 1. The summed E-state index contributed by atoms with van der Waals surface area (Å²) >= 11 is 1.66. The molecule has 0 unspecified atom stereocenters. The molecule has 1 fully saturated rings. The predicted molar refractivity (Wildman–Crippen MR) is 92.0 cm³/mol. The number of aliphatic hydroxyl groups excluding tert-OH is 1. The van der Waals surface area contributed by atoms with Crippen molar-refractivity contribution in [3.63, 3.8) is 0 Å². The van der Waals surface area contributed by atoms with Crippen LogP contribution in [0.3, 0.4) is 0 Å². The molecule has 122 valence electrons. The number of rotatable bonds is 6. The fraction of sp³-hybridized carbons (Fsp3) is 0.588. The Hall–Kier alpha value is -1.04. The molecule has 22 heavy (non-hydrogen) atoms. The fourth-order valence-electron chi connectivity index (χ4n) is 2.72. The molecule has 1 heterocycles. The van der Waals surface area contributed by atoms with Crippen LogP contribution in [0.5, 0.6) is 0 Å². The van der Waals surface area contributed by atoms with Crippen molar-refractivity contribution in [2.75, 3.05) is 38.2 Å². The van der Waals surface area contributed by atoms with Gasteiger partial charge in [-0.2, -0.15) is 11.8 Å². The molecule has 4 nitrogen and oxygen atoms in total. The van der Waals surface area contributed by atoms with Crippen molar-refractivity contribution in [3.05, 3.63) is 35.4 Å². The Morgan fingerprint density at radius 2 is 1.95 bits per heavy atom. The average molecular weight is 322 g/mol. The summed E-state index contributed by atoms with van der Waals surface area (Å²) in [6, 6.07) is 8.44. The third-order valence-corrected chi connectivity index (χ3v) is 4.86. The summed E-state index contributed by atoms with van der Waals surface area (Å²) in [5.74, 6) is 0.713. The van der Waals surface area contributed by atoms with Crippen LogP contribution in [0.15, 0.2) is 24.3 Å². The van der Waals surface area contributed by atoms with Crippen LogP contribution in [0.2, 0.25) is 0 Å². The third kappa shape index (κ3) is 4.73. The number of piperazine rings is 1. The zero-order chi connectivity index (χ0) is 15.9. The summed E-state index contributed by atoms with van der Waals surface area (Å²) < 4.78 is 0. The molecule has 1 N–H and O–H groups in total. The number of benzene rings is 1. The lowest BCUT2D eigenvalue weighted by molar-refractivity contribution is -0.142. The molecule has 0 spiro atoms. The van der Waals surface area contributed by atoms with Gasteiger partial charge in [-0.25, -0.2) is 0 Å². The van der Waals surface area contributed by atoms with Crippen LogP contribution in [0.25, 0.3) is 0 Å².